The lowest BCUT2D eigenvalue weighted by Gasteiger charge is -2.36. The molecule has 3 aromatic rings. The van der Waals surface area contributed by atoms with E-state index in [0.717, 1.165) is 29.2 Å². The van der Waals surface area contributed by atoms with Crippen molar-refractivity contribution in [1.82, 2.24) is 9.38 Å². The number of hydrogen-bond acceptors (Lipinski definition) is 4. The van der Waals surface area contributed by atoms with Gasteiger partial charge in [0.15, 0.2) is 4.96 Å². The highest BCUT2D eigenvalue weighted by atomic mass is 32.1. The molecule has 5 heteroatoms. The first-order valence-corrected chi connectivity index (χ1v) is 8.83. The van der Waals surface area contributed by atoms with Gasteiger partial charge in [0.2, 0.25) is 0 Å². The number of rotatable bonds is 2. The van der Waals surface area contributed by atoms with E-state index in [0.29, 0.717) is 12.6 Å². The first kappa shape index (κ1) is 14.5. The highest BCUT2D eigenvalue weighted by Crippen LogP contribution is 2.31. The zero-order valence-electron chi connectivity index (χ0n) is 13.3. The van der Waals surface area contributed by atoms with E-state index in [-0.39, 0.29) is 5.56 Å². The number of aryl methyl sites for hydroxylation is 2. The second-order valence-electron chi connectivity index (χ2n) is 6.23. The van der Waals surface area contributed by atoms with Crippen LogP contribution in [0.15, 0.2) is 40.5 Å². The number of hydrogen-bond donors (Lipinski definition) is 0. The van der Waals surface area contributed by atoms with Crippen molar-refractivity contribution in [2.45, 2.75) is 39.3 Å². The van der Waals surface area contributed by atoms with Gasteiger partial charge in [0.05, 0.1) is 12.2 Å². The number of anilines is 1. The average Bonchev–Trinajstić information content (AvgIpc) is 2.92. The van der Waals surface area contributed by atoms with Gasteiger partial charge in [-0.1, -0.05) is 18.2 Å². The molecule has 2 aromatic heterocycles. The van der Waals surface area contributed by atoms with Crippen molar-refractivity contribution in [1.29, 1.82) is 0 Å². The van der Waals surface area contributed by atoms with Crippen molar-refractivity contribution in [3.8, 4) is 0 Å². The summed E-state index contributed by atoms with van der Waals surface area (Å²) >= 11 is 1.52. The summed E-state index contributed by atoms with van der Waals surface area (Å²) in [6.07, 6.45) is 2.25. The lowest BCUT2D eigenvalue weighted by molar-refractivity contribution is 0.556. The molecule has 0 saturated carbocycles. The quantitative estimate of drug-likeness (QED) is 0.725. The Morgan fingerprint density at radius 3 is 3.04 bits per heavy atom. The molecule has 0 spiro atoms. The predicted octanol–water partition coefficient (Wildman–Crippen LogP) is 3.41. The van der Waals surface area contributed by atoms with Crippen LogP contribution in [-0.2, 0) is 13.0 Å². The Kier molecular flexibility index (Phi) is 3.45. The van der Waals surface area contributed by atoms with Crippen molar-refractivity contribution in [3.63, 3.8) is 0 Å². The molecular formula is C18H19N3OS. The van der Waals surface area contributed by atoms with Gasteiger partial charge in [-0.15, -0.1) is 11.3 Å². The topological polar surface area (TPSA) is 37.6 Å². The zero-order valence-corrected chi connectivity index (χ0v) is 14.1. The van der Waals surface area contributed by atoms with Gasteiger partial charge in [-0.2, -0.15) is 0 Å². The molecular weight excluding hydrogens is 306 g/mol. The third-order valence-electron chi connectivity index (χ3n) is 4.63. The molecule has 0 bridgehead atoms. The van der Waals surface area contributed by atoms with Crippen molar-refractivity contribution >= 4 is 22.0 Å². The van der Waals surface area contributed by atoms with Gasteiger partial charge in [-0.05, 0) is 38.3 Å². The molecule has 23 heavy (non-hydrogen) atoms. The molecule has 1 aromatic carbocycles. The number of nitrogens with zero attached hydrogens (tertiary/aromatic N) is 3. The highest BCUT2D eigenvalue weighted by molar-refractivity contribution is 7.15. The fourth-order valence-corrected chi connectivity index (χ4v) is 4.25. The molecule has 4 rings (SSSR count). The van der Waals surface area contributed by atoms with Gasteiger partial charge in [0, 0.05) is 28.9 Å². The van der Waals surface area contributed by atoms with E-state index >= 15 is 0 Å². The third-order valence-corrected chi connectivity index (χ3v) is 5.57. The Morgan fingerprint density at radius 2 is 2.17 bits per heavy atom. The summed E-state index contributed by atoms with van der Waals surface area (Å²) in [6, 6.07) is 10.7. The van der Waals surface area contributed by atoms with E-state index < -0.39 is 0 Å². The molecule has 4 nitrogen and oxygen atoms in total. The SMILES string of the molecule is Cc1csc2nc(CN3c4ccccc4CCC3C)cc(=O)n12. The molecule has 1 unspecified atom stereocenters. The number of benzene rings is 1. The molecule has 0 N–H and O–H groups in total. The van der Waals surface area contributed by atoms with Crippen molar-refractivity contribution in [2.75, 3.05) is 4.90 Å². The monoisotopic (exact) mass is 325 g/mol. The van der Waals surface area contributed by atoms with E-state index in [1.165, 1.54) is 22.6 Å². The lowest BCUT2D eigenvalue weighted by atomic mass is 9.96. The van der Waals surface area contributed by atoms with Crippen LogP contribution in [0.1, 0.15) is 30.3 Å². The van der Waals surface area contributed by atoms with Crippen LogP contribution in [0, 0.1) is 6.92 Å². The Morgan fingerprint density at radius 1 is 1.35 bits per heavy atom. The minimum Gasteiger partial charge on any atom is -0.363 e. The van der Waals surface area contributed by atoms with E-state index in [1.54, 1.807) is 10.5 Å². The summed E-state index contributed by atoms with van der Waals surface area (Å²) < 4.78 is 1.68. The van der Waals surface area contributed by atoms with Crippen molar-refractivity contribution in [2.24, 2.45) is 0 Å². The van der Waals surface area contributed by atoms with Gasteiger partial charge < -0.3 is 4.90 Å². The first-order valence-electron chi connectivity index (χ1n) is 7.95. The first-order chi connectivity index (χ1) is 11.1. The summed E-state index contributed by atoms with van der Waals surface area (Å²) in [6.45, 7) is 4.87. The molecule has 1 aliphatic heterocycles. The summed E-state index contributed by atoms with van der Waals surface area (Å²) in [7, 11) is 0. The predicted molar refractivity (Wildman–Crippen MR) is 94.5 cm³/mol. The molecule has 0 saturated heterocycles. The van der Waals surface area contributed by atoms with Crippen LogP contribution in [0.25, 0.3) is 4.96 Å². The van der Waals surface area contributed by atoms with E-state index in [1.807, 2.05) is 12.3 Å². The lowest BCUT2D eigenvalue weighted by Crippen LogP contribution is -2.37. The Labute approximate surface area is 139 Å². The van der Waals surface area contributed by atoms with Gasteiger partial charge in [-0.25, -0.2) is 4.98 Å². The summed E-state index contributed by atoms with van der Waals surface area (Å²) in [5.74, 6) is 0. The normalized spacial score (nSPS) is 17.5. The van der Waals surface area contributed by atoms with E-state index in [2.05, 4.69) is 36.1 Å². The number of aromatic nitrogens is 2. The standard InChI is InChI=1S/C18H19N3OS/c1-12-7-8-14-5-3-4-6-16(14)20(12)10-15-9-17(22)21-13(2)11-23-18(21)19-15/h3-6,9,11-12H,7-8,10H2,1-2H3. The van der Waals surface area contributed by atoms with Crippen LogP contribution in [0.2, 0.25) is 0 Å². The molecule has 0 amide bonds. The van der Waals surface area contributed by atoms with Gasteiger partial charge in [-0.3, -0.25) is 9.20 Å². The Bertz CT molecular complexity index is 927. The molecule has 0 aliphatic carbocycles. The smallest absolute Gasteiger partial charge is 0.259 e. The summed E-state index contributed by atoms with van der Waals surface area (Å²) in [5.41, 5.74) is 4.47. The van der Waals surface area contributed by atoms with Gasteiger partial charge in [0.25, 0.3) is 5.56 Å². The maximum absolute atomic E-state index is 12.4. The van der Waals surface area contributed by atoms with Crippen LogP contribution < -0.4 is 10.5 Å². The van der Waals surface area contributed by atoms with Gasteiger partial charge >= 0.3 is 0 Å². The molecule has 0 radical (unpaired) electrons. The average molecular weight is 325 g/mol. The molecule has 0 fully saturated rings. The zero-order chi connectivity index (χ0) is 16.0. The fraction of sp³-hybridized carbons (Fsp3) is 0.333. The minimum absolute atomic E-state index is 0.0155. The second-order valence-corrected chi connectivity index (χ2v) is 7.06. The van der Waals surface area contributed by atoms with Crippen molar-refractivity contribution < 1.29 is 0 Å². The van der Waals surface area contributed by atoms with E-state index in [9.17, 15) is 4.79 Å². The molecule has 1 atom stereocenters. The number of fused-ring (bicyclic) bond motifs is 2. The number of para-hydroxylation sites is 1. The maximum atomic E-state index is 12.4. The number of thiazole rings is 1. The summed E-state index contributed by atoms with van der Waals surface area (Å²) in [4.78, 5) is 20.2. The largest absolute Gasteiger partial charge is 0.363 e. The third kappa shape index (κ3) is 2.45. The highest BCUT2D eigenvalue weighted by Gasteiger charge is 2.23. The van der Waals surface area contributed by atoms with Crippen LogP contribution >= 0.6 is 11.3 Å². The minimum atomic E-state index is 0.0155. The summed E-state index contributed by atoms with van der Waals surface area (Å²) in [5, 5.41) is 1.98. The molecule has 118 valence electrons. The fourth-order valence-electron chi connectivity index (χ4n) is 3.36. The van der Waals surface area contributed by atoms with Crippen LogP contribution in [0.4, 0.5) is 5.69 Å². The van der Waals surface area contributed by atoms with E-state index in [4.69, 9.17) is 4.98 Å². The Hall–Kier alpha value is -2.14. The second kappa shape index (κ2) is 5.49. The van der Waals surface area contributed by atoms with Crippen LogP contribution in [-0.4, -0.2) is 15.4 Å². The maximum Gasteiger partial charge on any atom is 0.259 e. The Balaban J connectivity index is 1.74. The molecule has 1 aliphatic rings. The van der Waals surface area contributed by atoms with Crippen molar-refractivity contribution in [3.05, 3.63) is 63.0 Å². The van der Waals surface area contributed by atoms with Gasteiger partial charge in [0.1, 0.15) is 0 Å². The van der Waals surface area contributed by atoms with Crippen LogP contribution in [0.3, 0.4) is 0 Å². The van der Waals surface area contributed by atoms with Crippen LogP contribution in [0.5, 0.6) is 0 Å². The molecule has 3 heterocycles.